The van der Waals surface area contributed by atoms with Gasteiger partial charge in [0.1, 0.15) is 11.5 Å². The second-order valence-corrected chi connectivity index (χ2v) is 9.26. The Morgan fingerprint density at radius 1 is 1.11 bits per heavy atom. The molecule has 0 unspecified atom stereocenters. The van der Waals surface area contributed by atoms with Gasteiger partial charge in [-0.1, -0.05) is 17.4 Å². The predicted molar refractivity (Wildman–Crippen MR) is 139 cm³/mol. The number of rotatable bonds is 9. The Labute approximate surface area is 222 Å². The molecule has 1 atom stereocenters. The number of hydrogen-bond acceptors (Lipinski definition) is 10. The molecule has 0 N–H and O–H groups in total. The van der Waals surface area contributed by atoms with Gasteiger partial charge in [0, 0.05) is 6.08 Å². The van der Waals surface area contributed by atoms with Crippen molar-refractivity contribution in [2.45, 2.75) is 33.7 Å². The largest absolute Gasteiger partial charge is 0.490 e. The maximum Gasteiger partial charge on any atom is 0.343 e. The average molecular weight is 541 g/mol. The number of benzene rings is 1. The molecule has 2 aromatic heterocycles. The van der Waals surface area contributed by atoms with Crippen LogP contribution in [0.25, 0.3) is 6.08 Å². The van der Waals surface area contributed by atoms with E-state index in [0.29, 0.717) is 44.5 Å². The Hall–Kier alpha value is -4.12. The number of esters is 2. The number of fused-ring (bicyclic) bond motifs is 1. The van der Waals surface area contributed by atoms with E-state index in [4.69, 9.17) is 18.6 Å². The van der Waals surface area contributed by atoms with Crippen molar-refractivity contribution >= 4 is 29.4 Å². The van der Waals surface area contributed by atoms with E-state index in [9.17, 15) is 14.4 Å². The molecule has 0 saturated carbocycles. The minimum absolute atomic E-state index is 0.162. The van der Waals surface area contributed by atoms with Gasteiger partial charge in [0.15, 0.2) is 22.9 Å². The maximum absolute atomic E-state index is 13.7. The van der Waals surface area contributed by atoms with Gasteiger partial charge in [0.25, 0.3) is 5.56 Å². The van der Waals surface area contributed by atoms with Crippen molar-refractivity contribution in [3.05, 3.63) is 78.4 Å². The molecule has 1 aliphatic heterocycles. The number of aromatic nitrogens is 1. The molecule has 200 valence electrons. The van der Waals surface area contributed by atoms with E-state index >= 15 is 0 Å². The van der Waals surface area contributed by atoms with Crippen molar-refractivity contribution in [2.75, 3.05) is 26.9 Å². The van der Waals surface area contributed by atoms with Gasteiger partial charge in [-0.25, -0.2) is 14.6 Å². The first-order valence-corrected chi connectivity index (χ1v) is 12.8. The summed E-state index contributed by atoms with van der Waals surface area (Å²) in [6.45, 7) is 7.24. The lowest BCUT2D eigenvalue weighted by atomic mass is 9.95. The van der Waals surface area contributed by atoms with Gasteiger partial charge in [-0.3, -0.25) is 9.36 Å². The van der Waals surface area contributed by atoms with E-state index in [1.54, 1.807) is 44.2 Å². The number of carbonyl (C=O) groups excluding carboxylic acids is 2. The van der Waals surface area contributed by atoms with Gasteiger partial charge in [0.05, 0.1) is 42.2 Å². The van der Waals surface area contributed by atoms with Crippen LogP contribution < -0.4 is 24.4 Å². The van der Waals surface area contributed by atoms with Crippen LogP contribution in [0.3, 0.4) is 0 Å². The summed E-state index contributed by atoms with van der Waals surface area (Å²) >= 11 is 1.20. The summed E-state index contributed by atoms with van der Waals surface area (Å²) in [7, 11) is 1.27. The third kappa shape index (κ3) is 5.42. The van der Waals surface area contributed by atoms with Crippen LogP contribution in [0.5, 0.6) is 11.5 Å². The molecule has 0 amide bonds. The molecule has 10 nitrogen and oxygen atoms in total. The zero-order valence-electron chi connectivity index (χ0n) is 21.7. The fraction of sp³-hybridized carbons (Fsp3) is 0.333. The normalized spacial score (nSPS) is 15.1. The molecule has 0 spiro atoms. The summed E-state index contributed by atoms with van der Waals surface area (Å²) in [4.78, 5) is 43.4. The number of hydrogen-bond donors (Lipinski definition) is 0. The molecular formula is C27H28N2O8S. The van der Waals surface area contributed by atoms with Crippen LogP contribution in [0.15, 0.2) is 55.8 Å². The number of furan rings is 1. The van der Waals surface area contributed by atoms with E-state index in [1.165, 1.54) is 23.0 Å². The van der Waals surface area contributed by atoms with Crippen molar-refractivity contribution in [3.8, 4) is 11.5 Å². The standard InChI is InChI=1S/C27H28N2O8S/c1-6-34-20-12-17(9-11-19(20)36-14-22(30)33-5)24-23(26(32)35-7-2)16(4)28-27-29(24)25(31)21(38-27)13-18-10-8-15(3)37-18/h8-13,24H,6-7,14H2,1-5H3/b21-13-/t24-/m1/s1. The van der Waals surface area contributed by atoms with E-state index in [-0.39, 0.29) is 24.3 Å². The lowest BCUT2D eigenvalue weighted by Crippen LogP contribution is -2.40. The molecule has 0 saturated heterocycles. The second kappa shape index (κ2) is 11.5. The lowest BCUT2D eigenvalue weighted by molar-refractivity contribution is -0.143. The molecule has 1 aromatic carbocycles. The fourth-order valence-corrected chi connectivity index (χ4v) is 5.07. The third-order valence-electron chi connectivity index (χ3n) is 5.71. The molecular weight excluding hydrogens is 512 g/mol. The van der Waals surface area contributed by atoms with Gasteiger partial charge in [-0.05, 0) is 57.5 Å². The Bertz CT molecular complexity index is 1580. The number of allylic oxidation sites excluding steroid dienone is 1. The molecule has 1 aliphatic rings. The first-order valence-electron chi connectivity index (χ1n) is 12.0. The number of aryl methyl sites for hydroxylation is 1. The van der Waals surface area contributed by atoms with Gasteiger partial charge in [0.2, 0.25) is 0 Å². The topological polar surface area (TPSA) is 119 Å². The quantitative estimate of drug-likeness (QED) is 0.380. The van der Waals surface area contributed by atoms with Crippen molar-refractivity contribution < 1.29 is 33.0 Å². The zero-order valence-corrected chi connectivity index (χ0v) is 22.5. The molecule has 0 radical (unpaired) electrons. The van der Waals surface area contributed by atoms with Crippen molar-refractivity contribution in [1.82, 2.24) is 4.57 Å². The molecule has 3 heterocycles. The zero-order chi connectivity index (χ0) is 27.4. The van der Waals surface area contributed by atoms with Crippen molar-refractivity contribution in [1.29, 1.82) is 0 Å². The summed E-state index contributed by atoms with van der Waals surface area (Å²) in [6, 6.07) is 7.79. The third-order valence-corrected chi connectivity index (χ3v) is 6.69. The summed E-state index contributed by atoms with van der Waals surface area (Å²) in [5.74, 6) is 0.814. The number of methoxy groups -OCH3 is 1. The van der Waals surface area contributed by atoms with Crippen molar-refractivity contribution in [3.63, 3.8) is 0 Å². The second-order valence-electron chi connectivity index (χ2n) is 8.25. The Morgan fingerprint density at radius 3 is 2.55 bits per heavy atom. The molecule has 0 aliphatic carbocycles. The molecule has 38 heavy (non-hydrogen) atoms. The Morgan fingerprint density at radius 2 is 1.89 bits per heavy atom. The summed E-state index contributed by atoms with van der Waals surface area (Å²) in [6.07, 6.45) is 1.66. The minimum atomic E-state index is -0.834. The monoisotopic (exact) mass is 540 g/mol. The highest BCUT2D eigenvalue weighted by Gasteiger charge is 2.34. The maximum atomic E-state index is 13.7. The average Bonchev–Trinajstić information content (AvgIpc) is 3.44. The molecule has 11 heteroatoms. The molecule has 0 bridgehead atoms. The van der Waals surface area contributed by atoms with E-state index in [0.717, 1.165) is 5.76 Å². The number of carbonyl (C=O) groups is 2. The van der Waals surface area contributed by atoms with Gasteiger partial charge in [-0.15, -0.1) is 0 Å². The van der Waals surface area contributed by atoms with Crippen LogP contribution in [-0.2, 0) is 19.1 Å². The highest BCUT2D eigenvalue weighted by Crippen LogP contribution is 2.36. The first kappa shape index (κ1) is 26.9. The summed E-state index contributed by atoms with van der Waals surface area (Å²) in [5, 5.41) is 0. The van der Waals surface area contributed by atoms with Crippen LogP contribution in [0.1, 0.15) is 43.9 Å². The predicted octanol–water partition coefficient (Wildman–Crippen LogP) is 2.65. The minimum Gasteiger partial charge on any atom is -0.490 e. The van der Waals surface area contributed by atoms with Crippen LogP contribution >= 0.6 is 11.3 Å². The number of nitrogens with zero attached hydrogens (tertiary/aromatic N) is 2. The van der Waals surface area contributed by atoms with E-state index in [1.807, 2.05) is 19.9 Å². The van der Waals surface area contributed by atoms with Crippen LogP contribution in [0, 0.1) is 6.92 Å². The van der Waals surface area contributed by atoms with Crippen molar-refractivity contribution in [2.24, 2.45) is 4.99 Å². The molecule has 3 aromatic rings. The van der Waals surface area contributed by atoms with Crippen LogP contribution in [-0.4, -0.2) is 43.4 Å². The van der Waals surface area contributed by atoms with Crippen LogP contribution in [0.4, 0.5) is 0 Å². The molecule has 0 fully saturated rings. The molecule has 4 rings (SSSR count). The van der Waals surface area contributed by atoms with Gasteiger partial charge >= 0.3 is 11.9 Å². The van der Waals surface area contributed by atoms with Gasteiger partial charge < -0.3 is 23.4 Å². The highest BCUT2D eigenvalue weighted by molar-refractivity contribution is 7.07. The Kier molecular flexibility index (Phi) is 8.16. The first-order chi connectivity index (χ1) is 18.3. The van der Waals surface area contributed by atoms with E-state index in [2.05, 4.69) is 9.73 Å². The highest BCUT2D eigenvalue weighted by atomic mass is 32.1. The number of thiazole rings is 1. The lowest BCUT2D eigenvalue weighted by Gasteiger charge is -2.25. The van der Waals surface area contributed by atoms with Gasteiger partial charge in [-0.2, -0.15) is 0 Å². The fourth-order valence-electron chi connectivity index (χ4n) is 4.05. The van der Waals surface area contributed by atoms with Crippen LogP contribution in [0.2, 0.25) is 0 Å². The number of ether oxygens (including phenoxy) is 4. The van der Waals surface area contributed by atoms with E-state index < -0.39 is 18.0 Å². The summed E-state index contributed by atoms with van der Waals surface area (Å²) < 4.78 is 28.9. The summed E-state index contributed by atoms with van der Waals surface area (Å²) in [5.41, 5.74) is 0.938. The smallest absolute Gasteiger partial charge is 0.343 e. The SMILES string of the molecule is CCOC(=O)C1=C(C)N=c2s/c(=C\c3ccc(C)o3)c(=O)n2[C@@H]1c1ccc(OCC(=O)OC)c(OCC)c1. The Balaban J connectivity index is 1.89.